The predicted octanol–water partition coefficient (Wildman–Crippen LogP) is 5.62. The number of thioether (sulfide) groups is 1. The van der Waals surface area contributed by atoms with E-state index in [4.69, 9.17) is 11.6 Å². The predicted molar refractivity (Wildman–Crippen MR) is 80.0 cm³/mol. The number of alkyl halides is 3. The quantitative estimate of drug-likeness (QED) is 0.767. The van der Waals surface area contributed by atoms with E-state index in [1.807, 2.05) is 24.3 Å². The molecule has 1 atom stereocenters. The smallest absolute Gasteiger partial charge is 0.377 e. The summed E-state index contributed by atoms with van der Waals surface area (Å²) in [6, 6.07) is 11.8. The molecular formula is C15H11ClF3NS. The fourth-order valence-electron chi connectivity index (χ4n) is 2.32. The van der Waals surface area contributed by atoms with Crippen LogP contribution in [0.1, 0.15) is 17.2 Å². The van der Waals surface area contributed by atoms with Crippen LogP contribution in [-0.4, -0.2) is 5.75 Å². The van der Waals surface area contributed by atoms with Crippen molar-refractivity contribution < 1.29 is 13.2 Å². The van der Waals surface area contributed by atoms with Gasteiger partial charge >= 0.3 is 6.18 Å². The van der Waals surface area contributed by atoms with Crippen LogP contribution >= 0.6 is 23.4 Å². The van der Waals surface area contributed by atoms with Crippen LogP contribution in [0.25, 0.3) is 0 Å². The lowest BCUT2D eigenvalue weighted by atomic mass is 10.1. The van der Waals surface area contributed by atoms with Crippen LogP contribution in [0.4, 0.5) is 18.9 Å². The molecule has 21 heavy (non-hydrogen) atoms. The molecule has 1 aliphatic rings. The van der Waals surface area contributed by atoms with Gasteiger partial charge in [0.1, 0.15) is 0 Å². The molecule has 3 rings (SSSR count). The van der Waals surface area contributed by atoms with Crippen LogP contribution in [0, 0.1) is 0 Å². The van der Waals surface area contributed by atoms with Crippen molar-refractivity contribution in [2.45, 2.75) is 17.1 Å². The number of hydrogen-bond donors (Lipinski definition) is 1. The highest BCUT2D eigenvalue weighted by Crippen LogP contribution is 2.41. The maximum absolute atomic E-state index is 12.9. The molecule has 0 aliphatic carbocycles. The van der Waals surface area contributed by atoms with Gasteiger partial charge in [0.2, 0.25) is 0 Å². The van der Waals surface area contributed by atoms with Crippen molar-refractivity contribution in [3.05, 3.63) is 58.6 Å². The summed E-state index contributed by atoms with van der Waals surface area (Å²) < 4.78 is 38.6. The van der Waals surface area contributed by atoms with E-state index >= 15 is 0 Å². The van der Waals surface area contributed by atoms with Crippen molar-refractivity contribution in [1.82, 2.24) is 0 Å². The average Bonchev–Trinajstić information content (AvgIpc) is 2.83. The van der Waals surface area contributed by atoms with E-state index in [0.29, 0.717) is 5.69 Å². The van der Waals surface area contributed by atoms with E-state index in [9.17, 15) is 13.2 Å². The summed E-state index contributed by atoms with van der Waals surface area (Å²) in [6.07, 6.45) is -4.45. The van der Waals surface area contributed by atoms with Gasteiger partial charge in [-0.2, -0.15) is 13.2 Å². The summed E-state index contributed by atoms with van der Waals surface area (Å²) in [6.45, 7) is 0. The van der Waals surface area contributed by atoms with Crippen LogP contribution in [0.15, 0.2) is 47.4 Å². The number of halogens is 4. The summed E-state index contributed by atoms with van der Waals surface area (Å²) in [7, 11) is 0. The van der Waals surface area contributed by atoms with Crippen LogP contribution in [0.2, 0.25) is 5.02 Å². The number of benzene rings is 2. The first-order valence-electron chi connectivity index (χ1n) is 6.30. The molecule has 0 amide bonds. The second-order valence-electron chi connectivity index (χ2n) is 4.74. The Kier molecular flexibility index (Phi) is 3.80. The first-order valence-corrected chi connectivity index (χ1v) is 7.66. The molecule has 2 aromatic rings. The normalized spacial score (nSPS) is 17.6. The summed E-state index contributed by atoms with van der Waals surface area (Å²) in [4.78, 5) is 1.17. The Labute approximate surface area is 129 Å². The van der Waals surface area contributed by atoms with Gasteiger partial charge in [-0.25, -0.2) is 0 Å². The summed E-state index contributed by atoms with van der Waals surface area (Å²) in [5.41, 5.74) is 0.730. The first-order chi connectivity index (χ1) is 9.95. The Morgan fingerprint density at radius 3 is 2.67 bits per heavy atom. The molecule has 0 saturated heterocycles. The van der Waals surface area contributed by atoms with Gasteiger partial charge in [-0.3, -0.25) is 0 Å². The molecule has 0 spiro atoms. The Morgan fingerprint density at radius 1 is 1.14 bits per heavy atom. The van der Waals surface area contributed by atoms with Crippen molar-refractivity contribution in [1.29, 1.82) is 0 Å². The highest BCUT2D eigenvalue weighted by molar-refractivity contribution is 7.99. The number of rotatable bonds is 2. The molecular weight excluding hydrogens is 319 g/mol. The zero-order valence-electron chi connectivity index (χ0n) is 10.7. The number of fused-ring (bicyclic) bond motifs is 1. The summed E-state index contributed by atoms with van der Waals surface area (Å²) in [5.74, 6) is 0.795. The minimum atomic E-state index is -4.45. The van der Waals surface area contributed by atoms with Gasteiger partial charge in [-0.05, 0) is 29.8 Å². The SMILES string of the molecule is FC(F)(F)c1cc(NC2CSc3ccccc32)ccc1Cl. The lowest BCUT2D eigenvalue weighted by molar-refractivity contribution is -0.137. The van der Waals surface area contributed by atoms with E-state index in [0.717, 1.165) is 17.4 Å². The maximum Gasteiger partial charge on any atom is 0.417 e. The van der Waals surface area contributed by atoms with Crippen molar-refractivity contribution in [3.63, 3.8) is 0 Å². The van der Waals surface area contributed by atoms with Gasteiger partial charge in [0.05, 0.1) is 16.6 Å². The Bertz CT molecular complexity index is 672. The van der Waals surface area contributed by atoms with Crippen molar-refractivity contribution in [2.24, 2.45) is 0 Å². The molecule has 0 fully saturated rings. The molecule has 6 heteroatoms. The molecule has 0 radical (unpaired) electrons. The number of nitrogens with one attached hydrogen (secondary N) is 1. The van der Waals surface area contributed by atoms with Gasteiger partial charge in [0, 0.05) is 16.3 Å². The molecule has 2 aromatic carbocycles. The average molecular weight is 330 g/mol. The van der Waals surface area contributed by atoms with Gasteiger partial charge in [-0.1, -0.05) is 29.8 Å². The third-order valence-electron chi connectivity index (χ3n) is 3.31. The Balaban J connectivity index is 1.87. The fraction of sp³-hybridized carbons (Fsp3) is 0.200. The molecule has 1 heterocycles. The minimum Gasteiger partial charge on any atom is -0.377 e. The lowest BCUT2D eigenvalue weighted by Crippen LogP contribution is -2.11. The molecule has 110 valence electrons. The largest absolute Gasteiger partial charge is 0.417 e. The van der Waals surface area contributed by atoms with Gasteiger partial charge in [0.25, 0.3) is 0 Å². The van der Waals surface area contributed by atoms with Crippen molar-refractivity contribution in [3.8, 4) is 0 Å². The molecule has 0 aromatic heterocycles. The Morgan fingerprint density at radius 2 is 1.90 bits per heavy atom. The monoisotopic (exact) mass is 329 g/mol. The van der Waals surface area contributed by atoms with Gasteiger partial charge in [-0.15, -0.1) is 11.8 Å². The van der Waals surface area contributed by atoms with Gasteiger partial charge < -0.3 is 5.32 Å². The van der Waals surface area contributed by atoms with Gasteiger partial charge in [0.15, 0.2) is 0 Å². The van der Waals surface area contributed by atoms with Crippen molar-refractivity contribution >= 4 is 29.1 Å². The standard InChI is InChI=1S/C15H11ClF3NS/c16-12-6-5-9(7-11(12)15(17,18)19)20-13-8-21-14-4-2-1-3-10(13)14/h1-7,13,20H,8H2. The first kappa shape index (κ1) is 14.6. The molecule has 1 N–H and O–H groups in total. The third kappa shape index (κ3) is 2.99. The van der Waals surface area contributed by atoms with Crippen LogP contribution in [0.3, 0.4) is 0 Å². The molecule has 1 nitrogen and oxygen atoms in total. The second kappa shape index (κ2) is 5.46. The second-order valence-corrected chi connectivity index (χ2v) is 6.21. The van der Waals surface area contributed by atoms with Crippen molar-refractivity contribution in [2.75, 3.05) is 11.1 Å². The van der Waals surface area contributed by atoms with E-state index in [1.165, 1.54) is 11.0 Å². The molecule has 0 bridgehead atoms. The zero-order chi connectivity index (χ0) is 15.0. The topological polar surface area (TPSA) is 12.0 Å². The van der Waals surface area contributed by atoms with Crippen LogP contribution < -0.4 is 5.32 Å². The van der Waals surface area contributed by atoms with Crippen LogP contribution in [-0.2, 0) is 6.18 Å². The number of anilines is 1. The van der Waals surface area contributed by atoms with E-state index < -0.39 is 11.7 Å². The summed E-state index contributed by atoms with van der Waals surface area (Å²) >= 11 is 7.32. The maximum atomic E-state index is 12.9. The molecule has 0 saturated carbocycles. The van der Waals surface area contributed by atoms with E-state index in [1.54, 1.807) is 17.8 Å². The summed E-state index contributed by atoms with van der Waals surface area (Å²) in [5, 5.41) is 2.87. The molecule has 1 aliphatic heterocycles. The Hall–Kier alpha value is -1.33. The number of hydrogen-bond acceptors (Lipinski definition) is 2. The van der Waals surface area contributed by atoms with Crippen LogP contribution in [0.5, 0.6) is 0 Å². The fourth-order valence-corrected chi connectivity index (χ4v) is 3.70. The van der Waals surface area contributed by atoms with E-state index in [2.05, 4.69) is 5.32 Å². The lowest BCUT2D eigenvalue weighted by Gasteiger charge is -2.17. The minimum absolute atomic E-state index is 0.00783. The zero-order valence-corrected chi connectivity index (χ0v) is 12.3. The molecule has 1 unspecified atom stereocenters. The highest BCUT2D eigenvalue weighted by Gasteiger charge is 2.33. The third-order valence-corrected chi connectivity index (χ3v) is 4.82. The van der Waals surface area contributed by atoms with E-state index in [-0.39, 0.29) is 11.1 Å². The highest BCUT2D eigenvalue weighted by atomic mass is 35.5.